The van der Waals surface area contributed by atoms with Gasteiger partial charge in [0.25, 0.3) is 0 Å². The monoisotopic (exact) mass is 322 g/mol. The largest absolute Gasteiger partial charge is 0.352 e. The first-order valence-corrected chi connectivity index (χ1v) is 8.07. The number of halogens is 1. The molecule has 3 rings (SSSR count). The van der Waals surface area contributed by atoms with Gasteiger partial charge >= 0.3 is 0 Å². The highest BCUT2D eigenvalue weighted by atomic mass is 35.5. The molecule has 1 aliphatic heterocycles. The molecule has 1 aromatic carbocycles. The zero-order valence-corrected chi connectivity index (χ0v) is 14.6. The molecule has 2 aliphatic rings. The molecule has 1 saturated heterocycles. The molecule has 3 nitrogen and oxygen atoms in total. The van der Waals surface area contributed by atoms with Crippen LogP contribution >= 0.6 is 12.4 Å². The number of hydrogen-bond donors (Lipinski definition) is 2. The predicted octanol–water partition coefficient (Wildman–Crippen LogP) is 3.04. The van der Waals surface area contributed by atoms with Crippen LogP contribution in [0, 0.1) is 32.1 Å². The Morgan fingerprint density at radius 3 is 2.41 bits per heavy atom. The molecule has 0 bridgehead atoms. The van der Waals surface area contributed by atoms with Gasteiger partial charge in [0.15, 0.2) is 0 Å². The highest BCUT2D eigenvalue weighted by molar-refractivity contribution is 5.85. The van der Waals surface area contributed by atoms with E-state index in [0.29, 0.717) is 12.0 Å². The van der Waals surface area contributed by atoms with Gasteiger partial charge in [-0.15, -0.1) is 12.4 Å². The molecule has 1 unspecified atom stereocenters. The summed E-state index contributed by atoms with van der Waals surface area (Å²) in [6.45, 7) is 9.19. The van der Waals surface area contributed by atoms with Crippen molar-refractivity contribution < 1.29 is 4.79 Å². The Labute approximate surface area is 139 Å². The SMILES string of the molecule is Cc1cc(C)c(CNC(=O)C2CC23CCNCC3)c(C)c1.Cl. The van der Waals surface area contributed by atoms with Gasteiger partial charge in [0, 0.05) is 12.5 Å². The summed E-state index contributed by atoms with van der Waals surface area (Å²) in [5.74, 6) is 0.516. The number of rotatable bonds is 3. The maximum Gasteiger partial charge on any atom is 0.223 e. The van der Waals surface area contributed by atoms with Crippen molar-refractivity contribution in [2.45, 2.75) is 46.6 Å². The zero-order valence-electron chi connectivity index (χ0n) is 13.8. The average Bonchev–Trinajstić information content (AvgIpc) is 3.11. The zero-order chi connectivity index (χ0) is 15.0. The molecule has 1 spiro atoms. The maximum atomic E-state index is 12.4. The van der Waals surface area contributed by atoms with E-state index < -0.39 is 0 Å². The third-order valence-electron chi connectivity index (χ3n) is 5.39. The molecule has 22 heavy (non-hydrogen) atoms. The van der Waals surface area contributed by atoms with Gasteiger partial charge in [-0.05, 0) is 75.2 Å². The minimum absolute atomic E-state index is 0. The number of carbonyl (C=O) groups is 1. The Kier molecular flexibility index (Phi) is 5.18. The van der Waals surface area contributed by atoms with Crippen molar-refractivity contribution in [2.75, 3.05) is 13.1 Å². The molecular formula is C18H27ClN2O. The van der Waals surface area contributed by atoms with Gasteiger partial charge in [-0.3, -0.25) is 4.79 Å². The Morgan fingerprint density at radius 1 is 1.23 bits per heavy atom. The molecule has 0 aromatic heterocycles. The number of amides is 1. The third-order valence-corrected chi connectivity index (χ3v) is 5.39. The summed E-state index contributed by atoms with van der Waals surface area (Å²) in [4.78, 5) is 12.4. The first-order valence-electron chi connectivity index (χ1n) is 8.07. The lowest BCUT2D eigenvalue weighted by atomic mass is 9.91. The second-order valence-electron chi connectivity index (χ2n) is 6.96. The topological polar surface area (TPSA) is 41.1 Å². The molecular weight excluding hydrogens is 296 g/mol. The Balaban J connectivity index is 0.00000176. The highest BCUT2D eigenvalue weighted by Gasteiger charge is 2.57. The smallest absolute Gasteiger partial charge is 0.223 e. The molecule has 1 aromatic rings. The summed E-state index contributed by atoms with van der Waals surface area (Å²) in [6.07, 6.45) is 3.41. The van der Waals surface area contributed by atoms with Crippen LogP contribution in [-0.4, -0.2) is 19.0 Å². The van der Waals surface area contributed by atoms with Crippen LogP contribution in [0.2, 0.25) is 0 Å². The van der Waals surface area contributed by atoms with E-state index in [4.69, 9.17) is 0 Å². The first-order chi connectivity index (χ1) is 10.0. The van der Waals surface area contributed by atoms with Crippen LogP contribution in [0.5, 0.6) is 0 Å². The van der Waals surface area contributed by atoms with E-state index in [0.717, 1.165) is 32.4 Å². The fraction of sp³-hybridized carbons (Fsp3) is 0.611. The van der Waals surface area contributed by atoms with Crippen molar-refractivity contribution in [3.63, 3.8) is 0 Å². The standard InChI is InChI=1S/C18H26N2O.ClH/c1-12-8-13(2)15(14(3)9-12)11-20-17(21)16-10-18(16)4-6-19-7-5-18;/h8-9,16,19H,4-7,10-11H2,1-3H3,(H,20,21);1H. The van der Waals surface area contributed by atoms with Crippen molar-refractivity contribution in [1.82, 2.24) is 10.6 Å². The molecule has 2 N–H and O–H groups in total. The van der Waals surface area contributed by atoms with Gasteiger partial charge in [-0.25, -0.2) is 0 Å². The number of benzene rings is 1. The Bertz CT molecular complexity index is 541. The quantitative estimate of drug-likeness (QED) is 0.898. The van der Waals surface area contributed by atoms with Gasteiger partial charge in [0.1, 0.15) is 0 Å². The van der Waals surface area contributed by atoms with Gasteiger partial charge < -0.3 is 10.6 Å². The number of nitrogens with one attached hydrogen (secondary N) is 2. The number of carbonyl (C=O) groups excluding carboxylic acids is 1. The Morgan fingerprint density at radius 2 is 1.82 bits per heavy atom. The van der Waals surface area contributed by atoms with Crippen LogP contribution in [0.4, 0.5) is 0 Å². The van der Waals surface area contributed by atoms with Crippen molar-refractivity contribution in [1.29, 1.82) is 0 Å². The summed E-state index contributed by atoms with van der Waals surface area (Å²) >= 11 is 0. The van der Waals surface area contributed by atoms with Crippen molar-refractivity contribution >= 4 is 18.3 Å². The van der Waals surface area contributed by atoms with E-state index >= 15 is 0 Å². The summed E-state index contributed by atoms with van der Waals surface area (Å²) in [7, 11) is 0. The van der Waals surface area contributed by atoms with Crippen LogP contribution in [0.15, 0.2) is 12.1 Å². The lowest BCUT2D eigenvalue weighted by molar-refractivity contribution is -0.123. The average molecular weight is 323 g/mol. The van der Waals surface area contributed by atoms with Crippen LogP contribution in [0.3, 0.4) is 0 Å². The van der Waals surface area contributed by atoms with Crippen molar-refractivity contribution in [3.05, 3.63) is 34.4 Å². The number of hydrogen-bond acceptors (Lipinski definition) is 2. The summed E-state index contributed by atoms with van der Waals surface area (Å²) < 4.78 is 0. The number of aryl methyl sites for hydroxylation is 3. The van der Waals surface area contributed by atoms with E-state index in [1.807, 2.05) is 0 Å². The van der Waals surface area contributed by atoms with E-state index in [-0.39, 0.29) is 24.2 Å². The lowest BCUT2D eigenvalue weighted by Crippen LogP contribution is -2.33. The summed E-state index contributed by atoms with van der Waals surface area (Å²) in [5, 5.41) is 6.56. The van der Waals surface area contributed by atoms with Gasteiger partial charge in [-0.2, -0.15) is 0 Å². The normalized spacial score (nSPS) is 22.0. The molecule has 1 saturated carbocycles. The van der Waals surface area contributed by atoms with Gasteiger partial charge in [-0.1, -0.05) is 17.7 Å². The van der Waals surface area contributed by atoms with Gasteiger partial charge in [0.05, 0.1) is 0 Å². The van der Waals surface area contributed by atoms with Crippen LogP contribution in [0.25, 0.3) is 0 Å². The molecule has 122 valence electrons. The summed E-state index contributed by atoms with van der Waals surface area (Å²) in [6, 6.07) is 4.39. The predicted molar refractivity (Wildman–Crippen MR) is 92.4 cm³/mol. The highest BCUT2D eigenvalue weighted by Crippen LogP contribution is 2.58. The molecule has 1 atom stereocenters. The van der Waals surface area contributed by atoms with Crippen LogP contribution < -0.4 is 10.6 Å². The second kappa shape index (κ2) is 6.59. The minimum Gasteiger partial charge on any atom is -0.352 e. The second-order valence-corrected chi connectivity index (χ2v) is 6.96. The maximum absolute atomic E-state index is 12.4. The van der Waals surface area contributed by atoms with Crippen LogP contribution in [-0.2, 0) is 11.3 Å². The fourth-order valence-electron chi connectivity index (χ4n) is 3.98. The van der Waals surface area contributed by atoms with Crippen LogP contribution in [0.1, 0.15) is 41.5 Å². The number of piperidine rings is 1. The molecule has 4 heteroatoms. The molecule has 1 aliphatic carbocycles. The van der Waals surface area contributed by atoms with E-state index in [2.05, 4.69) is 43.5 Å². The van der Waals surface area contributed by atoms with E-state index in [1.165, 1.54) is 22.3 Å². The molecule has 2 fully saturated rings. The summed E-state index contributed by atoms with van der Waals surface area (Å²) in [5.41, 5.74) is 5.44. The Hall–Kier alpha value is -1.06. The molecule has 0 radical (unpaired) electrons. The van der Waals surface area contributed by atoms with Gasteiger partial charge in [0.2, 0.25) is 5.91 Å². The lowest BCUT2D eigenvalue weighted by Gasteiger charge is -2.23. The molecule has 1 heterocycles. The first kappa shape index (κ1) is 17.3. The molecule has 1 amide bonds. The minimum atomic E-state index is 0. The van der Waals surface area contributed by atoms with E-state index in [9.17, 15) is 4.79 Å². The van der Waals surface area contributed by atoms with Crippen molar-refractivity contribution in [2.24, 2.45) is 11.3 Å². The fourth-order valence-corrected chi connectivity index (χ4v) is 3.98. The van der Waals surface area contributed by atoms with E-state index in [1.54, 1.807) is 0 Å². The third kappa shape index (κ3) is 3.31. The van der Waals surface area contributed by atoms with Crippen molar-refractivity contribution in [3.8, 4) is 0 Å².